The Hall–Kier alpha value is -4.69. The maximum absolute atomic E-state index is 13.2. The second-order valence-electron chi connectivity index (χ2n) is 9.96. The van der Waals surface area contributed by atoms with Gasteiger partial charge in [-0.15, -0.1) is 21.5 Å². The summed E-state index contributed by atoms with van der Waals surface area (Å²) in [6, 6.07) is 17.2. The molecule has 2 aromatic heterocycles. The van der Waals surface area contributed by atoms with Gasteiger partial charge in [-0.25, -0.2) is 4.68 Å². The molecule has 2 aromatic carbocycles. The predicted molar refractivity (Wildman–Crippen MR) is 167 cm³/mol. The summed E-state index contributed by atoms with van der Waals surface area (Å²) in [5.74, 6) is -1.82. The van der Waals surface area contributed by atoms with Crippen molar-refractivity contribution in [2.24, 2.45) is 0 Å². The first kappa shape index (κ1) is 30.8. The molecule has 14 heteroatoms. The molecule has 0 spiro atoms. The topological polar surface area (TPSA) is 167 Å². The van der Waals surface area contributed by atoms with E-state index in [1.165, 1.54) is 15.1 Å². The van der Waals surface area contributed by atoms with Crippen molar-refractivity contribution in [3.8, 4) is 0 Å². The molecular weight excluding hydrogens is 603 g/mol. The Labute approximate surface area is 261 Å². The van der Waals surface area contributed by atoms with Crippen LogP contribution in [0.1, 0.15) is 61.8 Å². The van der Waals surface area contributed by atoms with E-state index in [2.05, 4.69) is 31.8 Å². The first-order valence-corrected chi connectivity index (χ1v) is 15.9. The number of nitrogens with one attached hydrogen (secondary N) is 4. The number of fused-ring (bicyclic) bond motifs is 1. The van der Waals surface area contributed by atoms with Crippen molar-refractivity contribution in [1.29, 1.82) is 0 Å². The number of carboxylic acid groups (broad SMARTS) is 1. The Morgan fingerprint density at radius 1 is 0.886 bits per heavy atom. The third-order valence-electron chi connectivity index (χ3n) is 6.87. The van der Waals surface area contributed by atoms with Crippen molar-refractivity contribution < 1.29 is 24.3 Å². The van der Waals surface area contributed by atoms with E-state index < -0.39 is 17.8 Å². The lowest BCUT2D eigenvalue weighted by molar-refractivity contribution is -0.136. The molecule has 5 N–H and O–H groups in total. The molecule has 0 atom stereocenters. The van der Waals surface area contributed by atoms with E-state index in [4.69, 9.17) is 5.11 Å². The summed E-state index contributed by atoms with van der Waals surface area (Å²) in [5.41, 5.74) is 10.7. The predicted octanol–water partition coefficient (Wildman–Crippen LogP) is 3.63. The van der Waals surface area contributed by atoms with Gasteiger partial charge < -0.3 is 10.4 Å². The minimum atomic E-state index is -0.880. The molecule has 3 amide bonds. The van der Waals surface area contributed by atoms with Crippen LogP contribution in [-0.4, -0.2) is 56.0 Å². The molecule has 0 aliphatic heterocycles. The van der Waals surface area contributed by atoms with Crippen LogP contribution >= 0.6 is 23.1 Å². The lowest BCUT2D eigenvalue weighted by Crippen LogP contribution is -2.42. The normalized spacial score (nSPS) is 12.2. The summed E-state index contributed by atoms with van der Waals surface area (Å²) in [6.07, 6.45) is 4.34. The fourth-order valence-electron chi connectivity index (χ4n) is 4.73. The summed E-state index contributed by atoms with van der Waals surface area (Å²) < 4.78 is 1.49. The molecular formula is C30H31N7O5S2. The first-order valence-electron chi connectivity index (χ1n) is 14.1. The second-order valence-corrected chi connectivity index (χ2v) is 12.0. The van der Waals surface area contributed by atoms with Crippen LogP contribution in [0.4, 0.5) is 5.00 Å². The average molecular weight is 634 g/mol. The van der Waals surface area contributed by atoms with E-state index in [-0.39, 0.29) is 24.6 Å². The Balaban J connectivity index is 1.35. The van der Waals surface area contributed by atoms with Gasteiger partial charge in [0.2, 0.25) is 11.1 Å². The Morgan fingerprint density at radius 2 is 1.57 bits per heavy atom. The molecule has 0 saturated heterocycles. The summed E-state index contributed by atoms with van der Waals surface area (Å²) in [6.45, 7) is 0.288. The molecule has 0 saturated carbocycles. The highest BCUT2D eigenvalue weighted by Crippen LogP contribution is 2.39. The van der Waals surface area contributed by atoms with Gasteiger partial charge in [0.15, 0.2) is 5.82 Å². The number of carboxylic acids is 1. The van der Waals surface area contributed by atoms with Crippen LogP contribution in [0.5, 0.6) is 0 Å². The molecule has 228 valence electrons. The highest BCUT2D eigenvalue weighted by Gasteiger charge is 2.25. The van der Waals surface area contributed by atoms with Gasteiger partial charge in [0.05, 0.1) is 17.2 Å². The van der Waals surface area contributed by atoms with Crippen molar-refractivity contribution in [2.75, 3.05) is 23.0 Å². The maximum Gasteiger partial charge on any atom is 0.305 e. The summed E-state index contributed by atoms with van der Waals surface area (Å²) in [4.78, 5) is 50.4. The summed E-state index contributed by atoms with van der Waals surface area (Å²) in [5, 5.41) is 22.3. The Morgan fingerprint density at radius 3 is 2.27 bits per heavy atom. The maximum atomic E-state index is 13.2. The van der Waals surface area contributed by atoms with E-state index in [0.717, 1.165) is 48.0 Å². The number of nitrogens with zero attached hydrogens (tertiary/aromatic N) is 3. The van der Waals surface area contributed by atoms with Gasteiger partial charge in [0, 0.05) is 29.0 Å². The molecule has 2 heterocycles. The van der Waals surface area contributed by atoms with Gasteiger partial charge in [0.25, 0.3) is 11.8 Å². The molecule has 44 heavy (non-hydrogen) atoms. The highest BCUT2D eigenvalue weighted by atomic mass is 32.2. The third-order valence-corrected chi connectivity index (χ3v) is 9.09. The zero-order chi connectivity index (χ0) is 30.9. The number of thioether (sulfide) groups is 1. The van der Waals surface area contributed by atoms with Crippen molar-refractivity contribution in [2.45, 2.75) is 43.7 Å². The van der Waals surface area contributed by atoms with Crippen LogP contribution in [0, 0.1) is 0 Å². The van der Waals surface area contributed by atoms with Gasteiger partial charge in [-0.2, -0.15) is 0 Å². The van der Waals surface area contributed by atoms with Crippen LogP contribution in [0.15, 0.2) is 65.8 Å². The van der Waals surface area contributed by atoms with Crippen molar-refractivity contribution in [3.63, 3.8) is 0 Å². The quantitative estimate of drug-likeness (QED) is 0.116. The number of carbonyl (C=O) groups is 4. The average Bonchev–Trinajstić information content (AvgIpc) is 3.59. The number of anilines is 1. The summed E-state index contributed by atoms with van der Waals surface area (Å²) >= 11 is 2.69. The molecule has 0 unspecified atom stereocenters. The SMILES string of the molecule is O=C(O)CCNc1sc2c(c1Cc1nnc(SCC(=O)NNC(=O)c3ccccc3)n1NC(=O)c1ccccc1)CCCC2. The van der Waals surface area contributed by atoms with Crippen LogP contribution in [0.2, 0.25) is 0 Å². The number of rotatable bonds is 12. The van der Waals surface area contributed by atoms with E-state index >= 15 is 0 Å². The van der Waals surface area contributed by atoms with E-state index in [1.807, 2.05) is 6.07 Å². The number of aliphatic carboxylic acids is 1. The molecule has 0 radical (unpaired) electrons. The van der Waals surface area contributed by atoms with Gasteiger partial charge in [-0.05, 0) is 61.1 Å². The second kappa shape index (κ2) is 14.7. The molecule has 0 fully saturated rings. The number of hydrogen-bond acceptors (Lipinski definition) is 9. The van der Waals surface area contributed by atoms with Crippen LogP contribution < -0.4 is 21.6 Å². The number of amides is 3. The smallest absolute Gasteiger partial charge is 0.305 e. The van der Waals surface area contributed by atoms with Crippen LogP contribution in [-0.2, 0) is 28.9 Å². The van der Waals surface area contributed by atoms with Gasteiger partial charge >= 0.3 is 5.97 Å². The van der Waals surface area contributed by atoms with E-state index in [1.54, 1.807) is 65.9 Å². The Bertz CT molecular complexity index is 1640. The summed E-state index contributed by atoms with van der Waals surface area (Å²) in [7, 11) is 0. The van der Waals surface area contributed by atoms with Crippen LogP contribution in [0.25, 0.3) is 0 Å². The van der Waals surface area contributed by atoms with Gasteiger partial charge in [-0.1, -0.05) is 48.2 Å². The number of thiophene rings is 1. The fraction of sp³-hybridized carbons (Fsp3) is 0.267. The zero-order valence-electron chi connectivity index (χ0n) is 23.7. The third kappa shape index (κ3) is 7.82. The molecule has 1 aliphatic rings. The standard InChI is InChI=1S/C30H31N7O5S2/c38-25(33-34-27(41)19-9-3-1-4-10-19)18-43-30-35-32-24(37(30)36-28(42)20-11-5-2-6-12-20)17-22-21-13-7-8-14-23(21)44-29(22)31-16-15-26(39)40/h1-6,9-12,31H,7-8,13-18H2,(H,33,38)(H,34,41)(H,36,42)(H,39,40). The number of aromatic nitrogens is 3. The van der Waals surface area contributed by atoms with E-state index in [9.17, 15) is 19.2 Å². The molecule has 1 aliphatic carbocycles. The highest BCUT2D eigenvalue weighted by molar-refractivity contribution is 7.99. The molecule has 5 rings (SSSR count). The van der Waals surface area contributed by atoms with Crippen molar-refractivity contribution in [3.05, 3.63) is 93.6 Å². The lowest BCUT2D eigenvalue weighted by Gasteiger charge is -2.15. The van der Waals surface area contributed by atoms with Gasteiger partial charge in [-0.3, -0.25) is 35.5 Å². The van der Waals surface area contributed by atoms with E-state index in [0.29, 0.717) is 28.5 Å². The van der Waals surface area contributed by atoms with Gasteiger partial charge in [0.1, 0.15) is 0 Å². The number of carbonyl (C=O) groups excluding carboxylic acids is 3. The molecule has 12 nitrogen and oxygen atoms in total. The number of hydrogen-bond donors (Lipinski definition) is 5. The Kier molecular flexibility index (Phi) is 10.2. The minimum absolute atomic E-state index is 0.0139. The number of aryl methyl sites for hydroxylation is 1. The first-order chi connectivity index (χ1) is 21.4. The number of benzene rings is 2. The van der Waals surface area contributed by atoms with Crippen molar-refractivity contribution in [1.82, 2.24) is 25.7 Å². The number of hydrazine groups is 1. The fourth-order valence-corrected chi connectivity index (χ4v) is 6.78. The lowest BCUT2D eigenvalue weighted by atomic mass is 9.94. The van der Waals surface area contributed by atoms with Crippen LogP contribution in [0.3, 0.4) is 0 Å². The van der Waals surface area contributed by atoms with Crippen molar-refractivity contribution >= 4 is 51.8 Å². The molecule has 4 aromatic rings. The molecule has 0 bridgehead atoms. The zero-order valence-corrected chi connectivity index (χ0v) is 25.3. The minimum Gasteiger partial charge on any atom is -0.481 e. The largest absolute Gasteiger partial charge is 0.481 e. The monoisotopic (exact) mass is 633 g/mol.